The van der Waals surface area contributed by atoms with E-state index >= 15 is 0 Å². The Hall–Kier alpha value is -0.280. The maximum Gasteiger partial charge on any atom is 0.229 e. The van der Waals surface area contributed by atoms with Gasteiger partial charge in [0.2, 0.25) is 11.8 Å². The number of rotatable bonds is 2. The Morgan fingerprint density at radius 3 is 2.17 bits per heavy atom. The van der Waals surface area contributed by atoms with Crippen LogP contribution in [0.4, 0.5) is 0 Å². The molecule has 2 amide bonds. The van der Waals surface area contributed by atoms with Crippen LogP contribution in [0.15, 0.2) is 0 Å². The number of hydrogen-bond donors (Lipinski definition) is 0. The van der Waals surface area contributed by atoms with Gasteiger partial charge >= 0.3 is 0 Å². The molecule has 1 saturated heterocycles. The minimum absolute atomic E-state index is 0. The second kappa shape index (κ2) is 5.38. The van der Waals surface area contributed by atoms with Crippen molar-refractivity contribution in [2.75, 3.05) is 12.4 Å². The number of likely N-dealkylation sites (tertiary alicyclic amines) is 1. The quantitative estimate of drug-likeness (QED) is 0.509. The molecule has 3 nitrogen and oxygen atoms in total. The number of carbonyl (C=O) groups is 2. The molecule has 0 spiro atoms. The van der Waals surface area contributed by atoms with E-state index in [0.29, 0.717) is 31.7 Å². The van der Waals surface area contributed by atoms with Crippen molar-refractivity contribution in [3.05, 3.63) is 0 Å². The average molecular weight is 212 g/mol. The largest absolute Gasteiger partial charge is 0.281 e. The molecule has 0 atom stereocenters. The Morgan fingerprint density at radius 2 is 1.75 bits per heavy atom. The number of piperidine rings is 1. The van der Waals surface area contributed by atoms with Crippen LogP contribution in [-0.4, -0.2) is 29.1 Å². The topological polar surface area (TPSA) is 37.4 Å². The van der Waals surface area contributed by atoms with Gasteiger partial charge in [0.05, 0.1) is 0 Å². The van der Waals surface area contributed by atoms with Gasteiger partial charge < -0.3 is 0 Å². The molecule has 0 aromatic rings. The van der Waals surface area contributed by atoms with Gasteiger partial charge in [-0.05, 0) is 6.42 Å². The first-order valence-corrected chi connectivity index (χ1v) is 4.18. The Labute approximate surface area is 82.5 Å². The first kappa shape index (κ1) is 11.7. The number of alkyl halides is 1. The van der Waals surface area contributed by atoms with E-state index in [1.807, 2.05) is 0 Å². The van der Waals surface area contributed by atoms with Crippen LogP contribution in [0.5, 0.6) is 0 Å². The van der Waals surface area contributed by atoms with Crippen LogP contribution in [0.2, 0.25) is 0 Å². The molecule has 1 aliphatic heterocycles. The van der Waals surface area contributed by atoms with Gasteiger partial charge in [-0.25, -0.2) is 0 Å². The van der Waals surface area contributed by atoms with Crippen molar-refractivity contribution < 1.29 is 9.59 Å². The highest BCUT2D eigenvalue weighted by Crippen LogP contribution is 2.11. The second-order valence-corrected chi connectivity index (χ2v) is 2.86. The Balaban J connectivity index is 0.00000121. The van der Waals surface area contributed by atoms with Gasteiger partial charge in [-0.15, -0.1) is 24.0 Å². The van der Waals surface area contributed by atoms with Crippen LogP contribution in [0.1, 0.15) is 19.3 Å². The fourth-order valence-electron chi connectivity index (χ4n) is 1.13. The molecule has 1 heterocycles. The number of halogens is 2. The summed E-state index contributed by atoms with van der Waals surface area (Å²) in [6.07, 6.45) is 1.67. The molecule has 1 rings (SSSR count). The lowest BCUT2D eigenvalue weighted by molar-refractivity contribution is -0.147. The second-order valence-electron chi connectivity index (χ2n) is 2.48. The fourth-order valence-corrected chi connectivity index (χ4v) is 1.30. The zero-order chi connectivity index (χ0) is 8.27. The van der Waals surface area contributed by atoms with E-state index in [0.717, 1.165) is 0 Å². The highest BCUT2D eigenvalue weighted by atomic mass is 35.5. The number of amides is 2. The molecular formula is C7H11Cl2NO2. The van der Waals surface area contributed by atoms with Gasteiger partial charge in [-0.1, -0.05) is 0 Å². The summed E-state index contributed by atoms with van der Waals surface area (Å²) in [5, 5.41) is 0. The highest BCUT2D eigenvalue weighted by molar-refractivity contribution is 6.18. The van der Waals surface area contributed by atoms with Crippen molar-refractivity contribution in [1.82, 2.24) is 4.90 Å². The fraction of sp³-hybridized carbons (Fsp3) is 0.714. The van der Waals surface area contributed by atoms with Gasteiger partial charge in [0.1, 0.15) is 0 Å². The number of imide groups is 1. The summed E-state index contributed by atoms with van der Waals surface area (Å²) in [7, 11) is 0. The lowest BCUT2D eigenvalue weighted by atomic mass is 10.1. The molecule has 5 heteroatoms. The molecule has 0 aromatic heterocycles. The van der Waals surface area contributed by atoms with Crippen molar-refractivity contribution >= 4 is 35.8 Å². The summed E-state index contributed by atoms with van der Waals surface area (Å²) in [5.74, 6) is 0.168. The molecule has 70 valence electrons. The Kier molecular flexibility index (Phi) is 5.25. The SMILES string of the molecule is Cl.O=C1CCCC(=O)N1CCCl. The third-order valence-electron chi connectivity index (χ3n) is 1.69. The van der Waals surface area contributed by atoms with Crippen molar-refractivity contribution in [2.45, 2.75) is 19.3 Å². The van der Waals surface area contributed by atoms with E-state index in [2.05, 4.69) is 0 Å². The summed E-state index contributed by atoms with van der Waals surface area (Å²) in [6.45, 7) is 0.360. The van der Waals surface area contributed by atoms with Crippen LogP contribution in [-0.2, 0) is 9.59 Å². The first-order valence-electron chi connectivity index (χ1n) is 3.65. The molecule has 12 heavy (non-hydrogen) atoms. The molecular weight excluding hydrogens is 201 g/mol. The van der Waals surface area contributed by atoms with E-state index in [9.17, 15) is 9.59 Å². The van der Waals surface area contributed by atoms with E-state index in [4.69, 9.17) is 11.6 Å². The van der Waals surface area contributed by atoms with Crippen molar-refractivity contribution in [1.29, 1.82) is 0 Å². The smallest absolute Gasteiger partial charge is 0.229 e. The third kappa shape index (κ3) is 2.64. The van der Waals surface area contributed by atoms with Gasteiger partial charge in [0, 0.05) is 25.3 Å². The molecule has 0 N–H and O–H groups in total. The van der Waals surface area contributed by atoms with E-state index in [-0.39, 0.29) is 24.2 Å². The zero-order valence-electron chi connectivity index (χ0n) is 6.59. The van der Waals surface area contributed by atoms with Crippen LogP contribution in [0.25, 0.3) is 0 Å². The molecule has 0 radical (unpaired) electrons. The summed E-state index contributed by atoms with van der Waals surface area (Å²) >= 11 is 5.42. The molecule has 0 unspecified atom stereocenters. The molecule has 0 aliphatic carbocycles. The predicted molar refractivity (Wildman–Crippen MR) is 48.5 cm³/mol. The molecule has 1 fully saturated rings. The van der Waals surface area contributed by atoms with Crippen LogP contribution < -0.4 is 0 Å². The molecule has 0 aromatic carbocycles. The third-order valence-corrected chi connectivity index (χ3v) is 1.86. The van der Waals surface area contributed by atoms with Crippen LogP contribution in [0, 0.1) is 0 Å². The van der Waals surface area contributed by atoms with E-state index in [1.165, 1.54) is 4.90 Å². The summed E-state index contributed by atoms with van der Waals surface area (Å²) < 4.78 is 0. The first-order chi connectivity index (χ1) is 5.25. The molecule has 0 bridgehead atoms. The maximum atomic E-state index is 11.0. The minimum Gasteiger partial charge on any atom is -0.281 e. The molecule has 0 saturated carbocycles. The summed E-state index contributed by atoms with van der Waals surface area (Å²) in [5.41, 5.74) is 0. The van der Waals surface area contributed by atoms with Crippen molar-refractivity contribution in [3.8, 4) is 0 Å². The van der Waals surface area contributed by atoms with E-state index in [1.54, 1.807) is 0 Å². The lowest BCUT2D eigenvalue weighted by Crippen LogP contribution is -2.41. The van der Waals surface area contributed by atoms with Gasteiger partial charge in [0.15, 0.2) is 0 Å². The van der Waals surface area contributed by atoms with Gasteiger partial charge in [0.25, 0.3) is 0 Å². The highest BCUT2D eigenvalue weighted by Gasteiger charge is 2.24. The number of hydrogen-bond acceptors (Lipinski definition) is 2. The van der Waals surface area contributed by atoms with Gasteiger partial charge in [-0.2, -0.15) is 0 Å². The number of carbonyl (C=O) groups excluding carboxylic acids is 2. The van der Waals surface area contributed by atoms with Gasteiger partial charge in [-0.3, -0.25) is 14.5 Å². The van der Waals surface area contributed by atoms with Crippen LogP contribution >= 0.6 is 24.0 Å². The number of nitrogens with zero attached hydrogens (tertiary/aromatic N) is 1. The van der Waals surface area contributed by atoms with Crippen molar-refractivity contribution in [3.63, 3.8) is 0 Å². The Morgan fingerprint density at radius 1 is 1.25 bits per heavy atom. The normalized spacial score (nSPS) is 17.6. The Bertz CT molecular complexity index is 168. The van der Waals surface area contributed by atoms with Crippen molar-refractivity contribution in [2.24, 2.45) is 0 Å². The predicted octanol–water partition coefficient (Wildman–Crippen LogP) is 1.19. The summed E-state index contributed by atoms with van der Waals surface area (Å²) in [6, 6.07) is 0. The zero-order valence-corrected chi connectivity index (χ0v) is 8.16. The standard InChI is InChI=1S/C7H10ClNO2.ClH/c8-4-5-9-6(10)2-1-3-7(9)11;/h1-5H2;1H. The summed E-state index contributed by atoms with van der Waals surface area (Å²) in [4.78, 5) is 23.3. The van der Waals surface area contributed by atoms with Crippen LogP contribution in [0.3, 0.4) is 0 Å². The monoisotopic (exact) mass is 211 g/mol. The lowest BCUT2D eigenvalue weighted by Gasteiger charge is -2.23. The average Bonchev–Trinajstić information content (AvgIpc) is 1.97. The molecule has 1 aliphatic rings. The minimum atomic E-state index is -0.0816. The van der Waals surface area contributed by atoms with E-state index < -0.39 is 0 Å². The maximum absolute atomic E-state index is 11.0.